The summed E-state index contributed by atoms with van der Waals surface area (Å²) in [6.07, 6.45) is 0. The highest BCUT2D eigenvalue weighted by molar-refractivity contribution is 5.28. The van der Waals surface area contributed by atoms with Gasteiger partial charge in [0.05, 0.1) is 19.9 Å². The SMILES string of the molecule is COc1ccc(CNCc2cc(OC)cc(C)n2)cc1. The molecule has 1 aromatic heterocycles. The van der Waals surface area contributed by atoms with Crippen LogP contribution < -0.4 is 14.8 Å². The zero-order valence-electron chi connectivity index (χ0n) is 12.1. The van der Waals surface area contributed by atoms with E-state index in [2.05, 4.69) is 22.4 Å². The summed E-state index contributed by atoms with van der Waals surface area (Å²) in [6.45, 7) is 3.47. The Morgan fingerprint density at radius 1 is 0.950 bits per heavy atom. The summed E-state index contributed by atoms with van der Waals surface area (Å²) in [5.74, 6) is 1.72. The van der Waals surface area contributed by atoms with Gasteiger partial charge in [-0.1, -0.05) is 12.1 Å². The van der Waals surface area contributed by atoms with Gasteiger partial charge in [0.1, 0.15) is 11.5 Å². The van der Waals surface area contributed by atoms with Gasteiger partial charge in [0.15, 0.2) is 0 Å². The molecule has 1 aromatic carbocycles. The van der Waals surface area contributed by atoms with Gasteiger partial charge in [0.2, 0.25) is 0 Å². The van der Waals surface area contributed by atoms with Gasteiger partial charge in [0.25, 0.3) is 0 Å². The number of ether oxygens (including phenoxy) is 2. The van der Waals surface area contributed by atoms with Gasteiger partial charge in [-0.15, -0.1) is 0 Å². The summed E-state index contributed by atoms with van der Waals surface area (Å²) in [4.78, 5) is 4.48. The number of aromatic nitrogens is 1. The minimum absolute atomic E-state index is 0.712. The van der Waals surface area contributed by atoms with E-state index in [1.54, 1.807) is 14.2 Å². The van der Waals surface area contributed by atoms with Crippen LogP contribution in [0.1, 0.15) is 17.0 Å². The van der Waals surface area contributed by atoms with Crippen molar-refractivity contribution in [3.05, 3.63) is 53.3 Å². The molecule has 4 heteroatoms. The summed E-state index contributed by atoms with van der Waals surface area (Å²) >= 11 is 0. The van der Waals surface area contributed by atoms with E-state index in [1.807, 2.05) is 31.2 Å². The van der Waals surface area contributed by atoms with Gasteiger partial charge < -0.3 is 14.8 Å². The average Bonchev–Trinajstić information content (AvgIpc) is 2.47. The van der Waals surface area contributed by atoms with Crippen molar-refractivity contribution in [1.82, 2.24) is 10.3 Å². The number of benzene rings is 1. The zero-order chi connectivity index (χ0) is 14.4. The van der Waals surface area contributed by atoms with Crippen LogP contribution in [0.2, 0.25) is 0 Å². The minimum atomic E-state index is 0.712. The Kier molecular flexibility index (Phi) is 4.96. The smallest absolute Gasteiger partial charge is 0.122 e. The molecule has 4 nitrogen and oxygen atoms in total. The van der Waals surface area contributed by atoms with E-state index in [1.165, 1.54) is 5.56 Å². The summed E-state index contributed by atoms with van der Waals surface area (Å²) in [7, 11) is 3.34. The Morgan fingerprint density at radius 3 is 2.30 bits per heavy atom. The number of nitrogens with zero attached hydrogens (tertiary/aromatic N) is 1. The van der Waals surface area contributed by atoms with Gasteiger partial charge in [-0.05, 0) is 24.6 Å². The lowest BCUT2D eigenvalue weighted by Gasteiger charge is -2.08. The molecule has 0 unspecified atom stereocenters. The number of pyridine rings is 1. The van der Waals surface area contributed by atoms with Crippen LogP contribution in [0.5, 0.6) is 11.5 Å². The lowest BCUT2D eigenvalue weighted by molar-refractivity contribution is 0.412. The van der Waals surface area contributed by atoms with E-state index in [4.69, 9.17) is 9.47 Å². The van der Waals surface area contributed by atoms with Crippen molar-refractivity contribution in [2.45, 2.75) is 20.0 Å². The average molecular weight is 272 g/mol. The maximum absolute atomic E-state index is 5.24. The summed E-state index contributed by atoms with van der Waals surface area (Å²) in [6, 6.07) is 11.9. The lowest BCUT2D eigenvalue weighted by atomic mass is 10.2. The van der Waals surface area contributed by atoms with Crippen LogP contribution in [-0.2, 0) is 13.1 Å². The summed E-state index contributed by atoms with van der Waals surface area (Å²) in [5, 5.41) is 3.38. The predicted molar refractivity (Wildman–Crippen MR) is 79.1 cm³/mol. The Labute approximate surface area is 119 Å². The highest BCUT2D eigenvalue weighted by Crippen LogP contribution is 2.14. The maximum Gasteiger partial charge on any atom is 0.122 e. The number of methoxy groups -OCH3 is 2. The first-order chi connectivity index (χ1) is 9.71. The van der Waals surface area contributed by atoms with E-state index < -0.39 is 0 Å². The second-order valence-electron chi connectivity index (χ2n) is 4.59. The second kappa shape index (κ2) is 6.91. The van der Waals surface area contributed by atoms with E-state index in [0.29, 0.717) is 6.54 Å². The van der Waals surface area contributed by atoms with Crippen LogP contribution in [0.4, 0.5) is 0 Å². The molecule has 0 saturated heterocycles. The Morgan fingerprint density at radius 2 is 1.65 bits per heavy atom. The number of nitrogens with one attached hydrogen (secondary N) is 1. The molecule has 0 amide bonds. The molecule has 0 radical (unpaired) electrons. The second-order valence-corrected chi connectivity index (χ2v) is 4.59. The molecule has 0 aliphatic heterocycles. The van der Waals surface area contributed by atoms with Crippen LogP contribution in [0, 0.1) is 6.92 Å². The minimum Gasteiger partial charge on any atom is -0.497 e. The third-order valence-corrected chi connectivity index (χ3v) is 3.01. The normalized spacial score (nSPS) is 10.3. The fourth-order valence-electron chi connectivity index (χ4n) is 1.99. The van der Waals surface area contributed by atoms with E-state index in [9.17, 15) is 0 Å². The zero-order valence-corrected chi connectivity index (χ0v) is 12.1. The third kappa shape index (κ3) is 3.96. The lowest BCUT2D eigenvalue weighted by Crippen LogP contribution is -2.14. The fourth-order valence-corrected chi connectivity index (χ4v) is 1.99. The van der Waals surface area contributed by atoms with E-state index >= 15 is 0 Å². The molecule has 1 heterocycles. The molecule has 0 aliphatic carbocycles. The molecule has 0 fully saturated rings. The quantitative estimate of drug-likeness (QED) is 0.878. The molecule has 0 atom stereocenters. The van der Waals surface area contributed by atoms with Crippen molar-refractivity contribution in [1.29, 1.82) is 0 Å². The van der Waals surface area contributed by atoms with Gasteiger partial charge in [-0.25, -0.2) is 0 Å². The molecular weight excluding hydrogens is 252 g/mol. The predicted octanol–water partition coefficient (Wildman–Crippen LogP) is 2.70. The molecule has 20 heavy (non-hydrogen) atoms. The number of aryl methyl sites for hydroxylation is 1. The number of hydrogen-bond acceptors (Lipinski definition) is 4. The van der Waals surface area contributed by atoms with Crippen LogP contribution in [0.15, 0.2) is 36.4 Å². The number of hydrogen-bond donors (Lipinski definition) is 1. The molecule has 106 valence electrons. The molecule has 2 aromatic rings. The summed E-state index contributed by atoms with van der Waals surface area (Å²) < 4.78 is 10.4. The highest BCUT2D eigenvalue weighted by Gasteiger charge is 2.01. The first-order valence-electron chi connectivity index (χ1n) is 6.56. The van der Waals surface area contributed by atoms with Crippen molar-refractivity contribution in [3.63, 3.8) is 0 Å². The molecule has 0 bridgehead atoms. The van der Waals surface area contributed by atoms with Gasteiger partial charge in [-0.2, -0.15) is 0 Å². The van der Waals surface area contributed by atoms with Crippen LogP contribution in [0.3, 0.4) is 0 Å². The molecule has 0 saturated carbocycles. The van der Waals surface area contributed by atoms with Crippen LogP contribution >= 0.6 is 0 Å². The Hall–Kier alpha value is -2.07. The number of rotatable bonds is 6. The standard InChI is InChI=1S/C16H20N2O2/c1-12-8-16(20-3)9-14(18-12)11-17-10-13-4-6-15(19-2)7-5-13/h4-9,17H,10-11H2,1-3H3. The first kappa shape index (κ1) is 14.3. The highest BCUT2D eigenvalue weighted by atomic mass is 16.5. The van der Waals surface area contributed by atoms with Crippen molar-refractivity contribution in [2.75, 3.05) is 14.2 Å². The van der Waals surface area contributed by atoms with Gasteiger partial charge in [-0.3, -0.25) is 4.98 Å². The Balaban J connectivity index is 1.90. The molecule has 0 spiro atoms. The largest absolute Gasteiger partial charge is 0.497 e. The molecule has 1 N–H and O–H groups in total. The van der Waals surface area contributed by atoms with Crippen LogP contribution in [0.25, 0.3) is 0 Å². The van der Waals surface area contributed by atoms with Crippen molar-refractivity contribution >= 4 is 0 Å². The monoisotopic (exact) mass is 272 g/mol. The van der Waals surface area contributed by atoms with Crippen molar-refractivity contribution in [3.8, 4) is 11.5 Å². The van der Waals surface area contributed by atoms with Crippen LogP contribution in [-0.4, -0.2) is 19.2 Å². The van der Waals surface area contributed by atoms with Crippen molar-refractivity contribution in [2.24, 2.45) is 0 Å². The Bertz CT molecular complexity index is 553. The van der Waals surface area contributed by atoms with E-state index in [-0.39, 0.29) is 0 Å². The van der Waals surface area contributed by atoms with Gasteiger partial charge in [0, 0.05) is 30.9 Å². The molecule has 2 rings (SSSR count). The topological polar surface area (TPSA) is 43.4 Å². The summed E-state index contributed by atoms with van der Waals surface area (Å²) in [5.41, 5.74) is 3.16. The molecule has 0 aliphatic rings. The third-order valence-electron chi connectivity index (χ3n) is 3.01. The first-order valence-corrected chi connectivity index (χ1v) is 6.56. The van der Waals surface area contributed by atoms with E-state index in [0.717, 1.165) is 29.4 Å². The van der Waals surface area contributed by atoms with Gasteiger partial charge >= 0.3 is 0 Å². The maximum atomic E-state index is 5.24. The van der Waals surface area contributed by atoms with Crippen molar-refractivity contribution < 1.29 is 9.47 Å². The fraction of sp³-hybridized carbons (Fsp3) is 0.312. The molecular formula is C16H20N2O2.